The number of halogens is 5. The molecule has 1 aliphatic rings. The molecule has 0 fully saturated rings. The van der Waals surface area contributed by atoms with Gasteiger partial charge in [-0.3, -0.25) is 10.2 Å². The molecule has 0 aromatic heterocycles. The Kier molecular flexibility index (Phi) is 11.3. The normalized spacial score (nSPS) is 17.6. The molecule has 48 heavy (non-hydrogen) atoms. The lowest BCUT2D eigenvalue weighted by atomic mass is 9.84. The second kappa shape index (κ2) is 15.6. The van der Waals surface area contributed by atoms with Crippen molar-refractivity contribution in [1.82, 2.24) is 10.9 Å². The second-order valence-electron chi connectivity index (χ2n) is 11.0. The Labute approximate surface area is 283 Å². The summed E-state index contributed by atoms with van der Waals surface area (Å²) < 4.78 is 66.8. The maximum atomic E-state index is 14.2. The van der Waals surface area contributed by atoms with E-state index in [1.807, 2.05) is 66.7 Å². The van der Waals surface area contributed by atoms with Crippen molar-refractivity contribution in [3.63, 3.8) is 0 Å². The molecule has 1 aliphatic heterocycles. The first-order valence-electron chi connectivity index (χ1n) is 15.0. The fourth-order valence-corrected chi connectivity index (χ4v) is 5.41. The molecule has 0 unspecified atom stereocenters. The number of amides is 1. The van der Waals surface area contributed by atoms with E-state index in [1.165, 1.54) is 0 Å². The molecule has 12 heteroatoms. The highest BCUT2D eigenvalue weighted by atomic mass is 79.9. The molecule has 0 bridgehead atoms. The first-order valence-corrected chi connectivity index (χ1v) is 15.8. The lowest BCUT2D eigenvalue weighted by Crippen LogP contribution is -2.52. The third kappa shape index (κ3) is 8.68. The minimum Gasteiger partial charge on any atom is -0.494 e. The molecular formula is C36H32BrF4N3O4. The molecule has 1 heterocycles. The van der Waals surface area contributed by atoms with E-state index < -0.39 is 35.1 Å². The number of nitrogens with one attached hydrogen (secondary N) is 2. The summed E-state index contributed by atoms with van der Waals surface area (Å²) in [6, 6.07) is 25.9. The number of hydrogen-bond donors (Lipinski definition) is 3. The van der Waals surface area contributed by atoms with Crippen LogP contribution in [-0.4, -0.2) is 35.7 Å². The molecule has 0 saturated carbocycles. The molecule has 2 atom stereocenters. The standard InChI is InChI=1S/C36H32BrF4N3O4/c37-29-13-9-26(10-14-29)32-35(17-4-8-24-6-2-1-3-7-24,43-33(48-32)27-11-15-31(16-12-27)47-19-5-18-45)34(46)44-42-23-25-20-28(36(39,40)41)22-30(38)21-25/h1-4,6-16,20-22,32,42,45H,5,17-19,23H2,(H,44,46)/b8-4+/t32-,35-/m0/s1. The highest BCUT2D eigenvalue weighted by molar-refractivity contribution is 9.10. The minimum atomic E-state index is -4.73. The van der Waals surface area contributed by atoms with Gasteiger partial charge >= 0.3 is 6.18 Å². The van der Waals surface area contributed by atoms with Gasteiger partial charge in [0, 0.05) is 36.0 Å². The van der Waals surface area contributed by atoms with Gasteiger partial charge in [-0.25, -0.2) is 14.8 Å². The van der Waals surface area contributed by atoms with Crippen LogP contribution in [0.5, 0.6) is 5.75 Å². The highest BCUT2D eigenvalue weighted by Gasteiger charge is 2.52. The summed E-state index contributed by atoms with van der Waals surface area (Å²) >= 11 is 3.44. The van der Waals surface area contributed by atoms with E-state index in [4.69, 9.17) is 19.6 Å². The van der Waals surface area contributed by atoms with E-state index in [1.54, 1.807) is 24.3 Å². The first-order chi connectivity index (χ1) is 23.1. The molecule has 7 nitrogen and oxygen atoms in total. The van der Waals surface area contributed by atoms with Crippen molar-refractivity contribution >= 4 is 33.8 Å². The molecule has 0 spiro atoms. The van der Waals surface area contributed by atoms with E-state index >= 15 is 0 Å². The summed E-state index contributed by atoms with van der Waals surface area (Å²) in [6.07, 6.45) is -1.40. The van der Waals surface area contributed by atoms with E-state index in [-0.39, 0.29) is 31.0 Å². The van der Waals surface area contributed by atoms with E-state index in [2.05, 4.69) is 26.8 Å². The smallest absolute Gasteiger partial charge is 0.416 e. The maximum Gasteiger partial charge on any atom is 0.416 e. The number of hydrogen-bond acceptors (Lipinski definition) is 6. The van der Waals surface area contributed by atoms with Gasteiger partial charge in [0.15, 0.2) is 11.6 Å². The summed E-state index contributed by atoms with van der Waals surface area (Å²) in [6.45, 7) is 0.0610. The zero-order valence-corrected chi connectivity index (χ0v) is 27.1. The van der Waals surface area contributed by atoms with Crippen LogP contribution in [0.1, 0.15) is 46.8 Å². The Bertz CT molecular complexity index is 1750. The van der Waals surface area contributed by atoms with Crippen LogP contribution in [0, 0.1) is 5.82 Å². The lowest BCUT2D eigenvalue weighted by molar-refractivity contribution is -0.138. The Morgan fingerprint density at radius 3 is 2.44 bits per heavy atom. The van der Waals surface area contributed by atoms with Crippen molar-refractivity contribution in [3.05, 3.63) is 141 Å². The number of rotatable bonds is 13. The van der Waals surface area contributed by atoms with Gasteiger partial charge in [-0.15, -0.1) is 0 Å². The van der Waals surface area contributed by atoms with Crippen molar-refractivity contribution in [1.29, 1.82) is 0 Å². The van der Waals surface area contributed by atoms with Gasteiger partial charge in [0.1, 0.15) is 11.6 Å². The number of alkyl halides is 3. The lowest BCUT2D eigenvalue weighted by Gasteiger charge is -2.30. The first kappa shape index (κ1) is 34.8. The van der Waals surface area contributed by atoms with Gasteiger partial charge < -0.3 is 14.6 Å². The van der Waals surface area contributed by atoms with Gasteiger partial charge in [-0.1, -0.05) is 70.5 Å². The van der Waals surface area contributed by atoms with Crippen LogP contribution < -0.4 is 15.6 Å². The zero-order valence-electron chi connectivity index (χ0n) is 25.5. The molecule has 4 aromatic rings. The predicted molar refractivity (Wildman–Crippen MR) is 177 cm³/mol. The molecule has 250 valence electrons. The van der Waals surface area contributed by atoms with E-state index in [0.717, 1.165) is 22.2 Å². The highest BCUT2D eigenvalue weighted by Crippen LogP contribution is 2.43. The summed E-state index contributed by atoms with van der Waals surface area (Å²) in [5.41, 5.74) is 4.68. The number of carbonyl (C=O) groups excluding carboxylic acids is 1. The van der Waals surface area contributed by atoms with Crippen molar-refractivity contribution in [2.75, 3.05) is 13.2 Å². The topological polar surface area (TPSA) is 92.2 Å². The maximum absolute atomic E-state index is 14.2. The van der Waals surface area contributed by atoms with E-state index in [0.29, 0.717) is 36.0 Å². The van der Waals surface area contributed by atoms with Gasteiger partial charge in [-0.05, 0) is 71.3 Å². The van der Waals surface area contributed by atoms with E-state index in [9.17, 15) is 22.4 Å². The monoisotopic (exact) mass is 725 g/mol. The van der Waals surface area contributed by atoms with Gasteiger partial charge in [0.25, 0.3) is 5.91 Å². The van der Waals surface area contributed by atoms with Crippen LogP contribution in [0.4, 0.5) is 17.6 Å². The average molecular weight is 727 g/mol. The SMILES string of the molecule is O=C(NNCc1cc(F)cc(C(F)(F)F)c1)[C@@]1(C/C=C/c2ccccc2)N=C(c2ccc(OCCCO)cc2)O[C@H]1c1ccc(Br)cc1. The third-order valence-electron chi connectivity index (χ3n) is 7.52. The van der Waals surface area contributed by atoms with Crippen LogP contribution >= 0.6 is 15.9 Å². The Morgan fingerprint density at radius 2 is 1.75 bits per heavy atom. The number of hydrazine groups is 1. The van der Waals surface area contributed by atoms with Crippen molar-refractivity contribution in [2.45, 2.75) is 37.2 Å². The van der Waals surface area contributed by atoms with Crippen molar-refractivity contribution < 1.29 is 36.9 Å². The quantitative estimate of drug-likeness (QED) is 0.0753. The van der Waals surface area contributed by atoms with Crippen LogP contribution in [-0.2, 0) is 22.3 Å². The van der Waals surface area contributed by atoms with Gasteiger partial charge in [0.05, 0.1) is 12.2 Å². The molecule has 1 amide bonds. The number of aliphatic hydroxyl groups excluding tert-OH is 1. The Balaban J connectivity index is 1.48. The largest absolute Gasteiger partial charge is 0.494 e. The fourth-order valence-electron chi connectivity index (χ4n) is 5.14. The minimum absolute atomic E-state index is 0.00866. The number of benzene rings is 4. The predicted octanol–water partition coefficient (Wildman–Crippen LogP) is 7.55. The summed E-state index contributed by atoms with van der Waals surface area (Å²) in [4.78, 5) is 19.1. The average Bonchev–Trinajstić information content (AvgIpc) is 3.46. The molecule has 4 aromatic carbocycles. The van der Waals surface area contributed by atoms with Crippen molar-refractivity contribution in [2.24, 2.45) is 4.99 Å². The van der Waals surface area contributed by atoms with Crippen LogP contribution in [0.3, 0.4) is 0 Å². The molecule has 0 aliphatic carbocycles. The van der Waals surface area contributed by atoms with Crippen molar-refractivity contribution in [3.8, 4) is 5.75 Å². The molecule has 3 N–H and O–H groups in total. The van der Waals surface area contributed by atoms with Crippen LogP contribution in [0.25, 0.3) is 6.08 Å². The zero-order chi connectivity index (χ0) is 34.1. The molecule has 0 radical (unpaired) electrons. The molecule has 5 rings (SSSR count). The fraction of sp³-hybridized carbons (Fsp3) is 0.222. The van der Waals surface area contributed by atoms with Crippen LogP contribution in [0.15, 0.2) is 113 Å². The Hall–Kier alpha value is -4.52. The second-order valence-corrected chi connectivity index (χ2v) is 11.9. The number of aliphatic hydroxyl groups is 1. The summed E-state index contributed by atoms with van der Waals surface area (Å²) in [7, 11) is 0. The molecule has 0 saturated heterocycles. The molecular weight excluding hydrogens is 694 g/mol. The number of aliphatic imine (C=N–C) groups is 1. The van der Waals surface area contributed by atoms with Gasteiger partial charge in [0.2, 0.25) is 5.90 Å². The Morgan fingerprint density at radius 1 is 1.02 bits per heavy atom. The number of ether oxygens (including phenoxy) is 2. The third-order valence-corrected chi connectivity index (χ3v) is 8.05. The summed E-state index contributed by atoms with van der Waals surface area (Å²) in [5.74, 6) is -0.873. The summed E-state index contributed by atoms with van der Waals surface area (Å²) in [5, 5.41) is 9.04. The number of carbonyl (C=O) groups is 1. The number of nitrogens with zero attached hydrogens (tertiary/aromatic N) is 1. The van der Waals surface area contributed by atoms with Gasteiger partial charge in [-0.2, -0.15) is 13.2 Å². The van der Waals surface area contributed by atoms with Crippen LogP contribution in [0.2, 0.25) is 0 Å².